The van der Waals surface area contributed by atoms with Gasteiger partial charge in [-0.3, -0.25) is 0 Å². The molecule has 2 atom stereocenters. The number of rotatable bonds is 3. The zero-order valence-corrected chi connectivity index (χ0v) is 12.1. The van der Waals surface area contributed by atoms with Gasteiger partial charge in [0, 0.05) is 19.4 Å². The Balaban J connectivity index is 2.11. The Bertz CT molecular complexity index is 402. The Morgan fingerprint density at radius 1 is 1.39 bits per heavy atom. The lowest BCUT2D eigenvalue weighted by molar-refractivity contribution is 0.252. The fourth-order valence-corrected chi connectivity index (χ4v) is 2.39. The second-order valence-electron chi connectivity index (χ2n) is 6.75. The number of hydrogen-bond donors (Lipinski definition) is 1. The van der Waals surface area contributed by atoms with Crippen molar-refractivity contribution >= 4 is 0 Å². The van der Waals surface area contributed by atoms with Crippen molar-refractivity contribution in [1.29, 1.82) is 0 Å². The standard InChI is InChI=1S/C14H26N4/c1-10(14(2,3)4)7-12-16-17-13-8-11(9-15)5-6-18(12)13/h10-11H,5-9,15H2,1-4H3. The minimum absolute atomic E-state index is 0.320. The van der Waals surface area contributed by atoms with Crippen molar-refractivity contribution < 1.29 is 0 Å². The van der Waals surface area contributed by atoms with Gasteiger partial charge in [-0.05, 0) is 30.2 Å². The highest BCUT2D eigenvalue weighted by molar-refractivity contribution is 5.02. The summed E-state index contributed by atoms with van der Waals surface area (Å²) in [6.45, 7) is 11.0. The van der Waals surface area contributed by atoms with Crippen molar-refractivity contribution in [1.82, 2.24) is 14.8 Å². The first-order valence-corrected chi connectivity index (χ1v) is 7.03. The van der Waals surface area contributed by atoms with Crippen LogP contribution < -0.4 is 5.73 Å². The highest BCUT2D eigenvalue weighted by Gasteiger charge is 2.26. The third-order valence-corrected chi connectivity index (χ3v) is 4.44. The third kappa shape index (κ3) is 2.74. The van der Waals surface area contributed by atoms with Gasteiger partial charge in [0.2, 0.25) is 0 Å². The van der Waals surface area contributed by atoms with E-state index in [1.807, 2.05) is 0 Å². The molecule has 2 unspecified atom stereocenters. The van der Waals surface area contributed by atoms with E-state index in [4.69, 9.17) is 5.73 Å². The van der Waals surface area contributed by atoms with E-state index < -0.39 is 0 Å². The predicted octanol–water partition coefficient (Wildman–Crippen LogP) is 2.02. The maximum atomic E-state index is 5.75. The topological polar surface area (TPSA) is 56.7 Å². The summed E-state index contributed by atoms with van der Waals surface area (Å²) in [4.78, 5) is 0. The molecule has 4 nitrogen and oxygen atoms in total. The molecule has 0 aliphatic carbocycles. The molecule has 1 aliphatic rings. The molecule has 0 radical (unpaired) electrons. The molecule has 0 amide bonds. The summed E-state index contributed by atoms with van der Waals surface area (Å²) >= 11 is 0. The Morgan fingerprint density at radius 3 is 2.72 bits per heavy atom. The average Bonchev–Trinajstić information content (AvgIpc) is 2.70. The van der Waals surface area contributed by atoms with Gasteiger partial charge in [-0.2, -0.15) is 0 Å². The minimum Gasteiger partial charge on any atom is -0.330 e. The first-order valence-electron chi connectivity index (χ1n) is 7.03. The van der Waals surface area contributed by atoms with Gasteiger partial charge in [0.1, 0.15) is 11.6 Å². The van der Waals surface area contributed by atoms with Crippen LogP contribution >= 0.6 is 0 Å². The van der Waals surface area contributed by atoms with E-state index in [9.17, 15) is 0 Å². The second kappa shape index (κ2) is 5.00. The zero-order valence-electron chi connectivity index (χ0n) is 12.1. The van der Waals surface area contributed by atoms with E-state index >= 15 is 0 Å². The largest absolute Gasteiger partial charge is 0.330 e. The molecule has 2 rings (SSSR count). The molecule has 0 saturated carbocycles. The van der Waals surface area contributed by atoms with Crippen LogP contribution in [0.15, 0.2) is 0 Å². The van der Waals surface area contributed by atoms with Crippen LogP contribution in [0.2, 0.25) is 0 Å². The number of nitrogens with two attached hydrogens (primary N) is 1. The zero-order chi connectivity index (χ0) is 13.3. The maximum absolute atomic E-state index is 5.75. The van der Waals surface area contributed by atoms with Crippen LogP contribution in [0.5, 0.6) is 0 Å². The van der Waals surface area contributed by atoms with Crippen molar-refractivity contribution in [3.05, 3.63) is 11.6 Å². The predicted molar refractivity (Wildman–Crippen MR) is 73.2 cm³/mol. The van der Waals surface area contributed by atoms with E-state index in [2.05, 4.69) is 42.5 Å². The molecule has 2 N–H and O–H groups in total. The molecule has 102 valence electrons. The molecule has 0 saturated heterocycles. The Labute approximate surface area is 110 Å². The van der Waals surface area contributed by atoms with Crippen molar-refractivity contribution in [2.45, 2.75) is 53.5 Å². The summed E-state index contributed by atoms with van der Waals surface area (Å²) in [5.41, 5.74) is 6.07. The summed E-state index contributed by atoms with van der Waals surface area (Å²) in [6.07, 6.45) is 3.18. The maximum Gasteiger partial charge on any atom is 0.133 e. The SMILES string of the molecule is CC(Cc1nnc2n1CCC(CN)C2)C(C)(C)C. The molecule has 0 spiro atoms. The lowest BCUT2D eigenvalue weighted by Gasteiger charge is -2.28. The normalized spacial score (nSPS) is 21.7. The molecule has 18 heavy (non-hydrogen) atoms. The Morgan fingerprint density at radius 2 is 2.11 bits per heavy atom. The molecule has 1 aliphatic heterocycles. The third-order valence-electron chi connectivity index (χ3n) is 4.44. The molecular weight excluding hydrogens is 224 g/mol. The summed E-state index contributed by atoms with van der Waals surface area (Å²) in [7, 11) is 0. The number of aromatic nitrogens is 3. The lowest BCUT2D eigenvalue weighted by atomic mass is 9.80. The number of nitrogens with zero attached hydrogens (tertiary/aromatic N) is 3. The molecule has 4 heteroatoms. The summed E-state index contributed by atoms with van der Waals surface area (Å²) < 4.78 is 2.31. The molecule has 0 bridgehead atoms. The molecular formula is C14H26N4. The van der Waals surface area contributed by atoms with Gasteiger partial charge in [-0.1, -0.05) is 27.7 Å². The van der Waals surface area contributed by atoms with Crippen LogP contribution in [0, 0.1) is 17.3 Å². The van der Waals surface area contributed by atoms with Gasteiger partial charge in [0.05, 0.1) is 0 Å². The fraction of sp³-hybridized carbons (Fsp3) is 0.857. The molecule has 0 fully saturated rings. The first-order chi connectivity index (χ1) is 8.41. The highest BCUT2D eigenvalue weighted by Crippen LogP contribution is 2.29. The van der Waals surface area contributed by atoms with Gasteiger partial charge in [0.25, 0.3) is 0 Å². The molecule has 0 aromatic carbocycles. The van der Waals surface area contributed by atoms with Crippen molar-refractivity contribution in [2.24, 2.45) is 23.0 Å². The molecule has 1 aromatic rings. The van der Waals surface area contributed by atoms with Crippen LogP contribution in [-0.2, 0) is 19.4 Å². The summed E-state index contributed by atoms with van der Waals surface area (Å²) in [5.74, 6) is 3.49. The first kappa shape index (κ1) is 13.5. The van der Waals surface area contributed by atoms with E-state index in [-0.39, 0.29) is 0 Å². The van der Waals surface area contributed by atoms with Crippen molar-refractivity contribution in [3.8, 4) is 0 Å². The van der Waals surface area contributed by atoms with Crippen molar-refractivity contribution in [3.63, 3.8) is 0 Å². The summed E-state index contributed by atoms with van der Waals surface area (Å²) in [5, 5.41) is 8.74. The Hall–Kier alpha value is -0.900. The Kier molecular flexibility index (Phi) is 3.76. The number of fused-ring (bicyclic) bond motifs is 1. The van der Waals surface area contributed by atoms with Crippen LogP contribution in [0.1, 0.15) is 45.8 Å². The quantitative estimate of drug-likeness (QED) is 0.893. The van der Waals surface area contributed by atoms with E-state index in [0.29, 0.717) is 17.3 Å². The van der Waals surface area contributed by atoms with E-state index in [1.54, 1.807) is 0 Å². The highest BCUT2D eigenvalue weighted by atomic mass is 15.3. The van der Waals surface area contributed by atoms with Crippen molar-refractivity contribution in [2.75, 3.05) is 6.54 Å². The number of hydrogen-bond acceptors (Lipinski definition) is 3. The van der Waals surface area contributed by atoms with Gasteiger partial charge >= 0.3 is 0 Å². The smallest absolute Gasteiger partial charge is 0.133 e. The fourth-order valence-electron chi connectivity index (χ4n) is 2.39. The minimum atomic E-state index is 0.320. The average molecular weight is 250 g/mol. The molecule has 2 heterocycles. The van der Waals surface area contributed by atoms with Gasteiger partial charge in [0.15, 0.2) is 0 Å². The van der Waals surface area contributed by atoms with Crippen LogP contribution in [0.4, 0.5) is 0 Å². The van der Waals surface area contributed by atoms with Gasteiger partial charge in [-0.25, -0.2) is 0 Å². The van der Waals surface area contributed by atoms with E-state index in [0.717, 1.165) is 37.6 Å². The van der Waals surface area contributed by atoms with Crippen LogP contribution in [0.3, 0.4) is 0 Å². The lowest BCUT2D eigenvalue weighted by Crippen LogP contribution is -2.27. The monoisotopic (exact) mass is 250 g/mol. The van der Waals surface area contributed by atoms with Gasteiger partial charge in [-0.15, -0.1) is 10.2 Å². The molecule has 1 aromatic heterocycles. The van der Waals surface area contributed by atoms with Crippen LogP contribution in [0.25, 0.3) is 0 Å². The second-order valence-corrected chi connectivity index (χ2v) is 6.75. The van der Waals surface area contributed by atoms with Gasteiger partial charge < -0.3 is 10.3 Å². The van der Waals surface area contributed by atoms with Crippen LogP contribution in [-0.4, -0.2) is 21.3 Å². The van der Waals surface area contributed by atoms with E-state index in [1.165, 1.54) is 6.42 Å². The summed E-state index contributed by atoms with van der Waals surface area (Å²) in [6, 6.07) is 0.